The van der Waals surface area contributed by atoms with Crippen molar-refractivity contribution in [1.29, 1.82) is 0 Å². The van der Waals surface area contributed by atoms with Gasteiger partial charge in [0, 0.05) is 18.1 Å². The molecule has 1 N–H and O–H groups in total. The van der Waals surface area contributed by atoms with E-state index < -0.39 is 16.0 Å². The number of rotatable bonds is 7. The number of anilines is 1. The van der Waals surface area contributed by atoms with Gasteiger partial charge in [-0.05, 0) is 24.3 Å². The normalized spacial score (nSPS) is 16.3. The summed E-state index contributed by atoms with van der Waals surface area (Å²) >= 11 is 1.30. The third-order valence-electron chi connectivity index (χ3n) is 4.70. The Hall–Kier alpha value is -3.51. The smallest absolute Gasteiger partial charge is 0.340 e. The van der Waals surface area contributed by atoms with E-state index in [1.165, 1.54) is 36.8 Å². The minimum absolute atomic E-state index is 0.0516. The maximum absolute atomic E-state index is 12.4. The average Bonchev–Trinajstić information content (AvgIpc) is 3.24. The number of benzene rings is 1. The molecule has 0 unspecified atom stereocenters. The molecular formula is C21H20N4O6S2. The Morgan fingerprint density at radius 2 is 2.06 bits per heavy atom. The molecule has 10 nitrogen and oxygen atoms in total. The summed E-state index contributed by atoms with van der Waals surface area (Å²) in [5.74, 6) is -0.0882. The quantitative estimate of drug-likeness (QED) is 0.585. The standard InChI is InChI=1S/C21H20N4O6S2/c1-30-17-5-3-2-4-16(17)23-19(26)10-20-22-15(13-32-20)12-31-21(27)14-6-7-18-24-33(28,29)9-8-25(18)11-14/h2-7,11,13H,8-10,12H2,1H3,(H,23,26). The summed E-state index contributed by atoms with van der Waals surface area (Å²) in [5.41, 5.74) is 1.38. The van der Waals surface area contributed by atoms with Crippen LogP contribution in [0.25, 0.3) is 0 Å². The number of methoxy groups -OCH3 is 1. The molecule has 172 valence electrons. The number of sulfonamides is 1. The minimum atomic E-state index is -3.46. The zero-order valence-electron chi connectivity index (χ0n) is 17.6. The van der Waals surface area contributed by atoms with E-state index in [-0.39, 0.29) is 42.6 Å². The van der Waals surface area contributed by atoms with Gasteiger partial charge >= 0.3 is 5.97 Å². The fourth-order valence-electron chi connectivity index (χ4n) is 3.12. The fourth-order valence-corrected chi connectivity index (χ4v) is 4.87. The number of amidine groups is 1. The van der Waals surface area contributed by atoms with Crippen molar-refractivity contribution in [1.82, 2.24) is 9.88 Å². The largest absolute Gasteiger partial charge is 0.495 e. The van der Waals surface area contributed by atoms with Crippen molar-refractivity contribution in [2.24, 2.45) is 4.40 Å². The first kappa shape index (κ1) is 22.7. The van der Waals surface area contributed by atoms with E-state index in [0.29, 0.717) is 22.1 Å². The van der Waals surface area contributed by atoms with Crippen LogP contribution in [0.4, 0.5) is 5.69 Å². The molecule has 0 radical (unpaired) electrons. The summed E-state index contributed by atoms with van der Waals surface area (Å²) in [6, 6.07) is 7.11. The second kappa shape index (κ2) is 9.55. The van der Waals surface area contributed by atoms with Gasteiger partial charge in [-0.1, -0.05) is 12.1 Å². The molecule has 1 aromatic carbocycles. The van der Waals surface area contributed by atoms with Crippen LogP contribution in [0.1, 0.15) is 10.7 Å². The Labute approximate surface area is 194 Å². The number of fused-ring (bicyclic) bond motifs is 1. The number of nitrogens with zero attached hydrogens (tertiary/aromatic N) is 3. The molecule has 0 aliphatic carbocycles. The number of amides is 1. The highest BCUT2D eigenvalue weighted by Gasteiger charge is 2.25. The summed E-state index contributed by atoms with van der Waals surface area (Å²) < 4.78 is 37.4. The van der Waals surface area contributed by atoms with Crippen LogP contribution in [0.5, 0.6) is 5.75 Å². The van der Waals surface area contributed by atoms with Crippen LogP contribution < -0.4 is 10.1 Å². The molecule has 0 saturated heterocycles. The average molecular weight is 489 g/mol. The van der Waals surface area contributed by atoms with E-state index in [0.717, 1.165) is 0 Å². The Morgan fingerprint density at radius 1 is 1.24 bits per heavy atom. The number of carbonyl (C=O) groups is 2. The molecule has 1 amide bonds. The van der Waals surface area contributed by atoms with E-state index in [1.807, 2.05) is 6.07 Å². The molecule has 2 aromatic rings. The molecule has 0 spiro atoms. The van der Waals surface area contributed by atoms with Crippen molar-refractivity contribution in [2.45, 2.75) is 13.0 Å². The lowest BCUT2D eigenvalue weighted by Gasteiger charge is -2.26. The first-order chi connectivity index (χ1) is 15.8. The Kier molecular flexibility index (Phi) is 6.56. The second-order valence-corrected chi connectivity index (χ2v) is 9.78. The molecule has 2 aliphatic heterocycles. The molecule has 2 aliphatic rings. The van der Waals surface area contributed by atoms with Gasteiger partial charge in [-0.3, -0.25) is 4.79 Å². The van der Waals surface area contributed by atoms with E-state index in [1.54, 1.807) is 28.5 Å². The zero-order chi connectivity index (χ0) is 23.4. The molecule has 3 heterocycles. The fraction of sp³-hybridized carbons (Fsp3) is 0.238. The van der Waals surface area contributed by atoms with Gasteiger partial charge in [-0.15, -0.1) is 15.7 Å². The number of ether oxygens (including phenoxy) is 2. The van der Waals surface area contributed by atoms with Crippen LogP contribution in [-0.2, 0) is 37.4 Å². The van der Waals surface area contributed by atoms with E-state index in [4.69, 9.17) is 9.47 Å². The molecular weight excluding hydrogens is 468 g/mol. The molecule has 0 atom stereocenters. The van der Waals surface area contributed by atoms with Crippen LogP contribution in [0, 0.1) is 0 Å². The number of hydrogen-bond donors (Lipinski definition) is 1. The molecule has 0 bridgehead atoms. The van der Waals surface area contributed by atoms with Crippen LogP contribution in [0.3, 0.4) is 0 Å². The number of thiazole rings is 1. The van der Waals surface area contributed by atoms with Crippen LogP contribution in [0.15, 0.2) is 58.0 Å². The third-order valence-corrected chi connectivity index (χ3v) is 6.76. The maximum atomic E-state index is 12.4. The van der Waals surface area contributed by atoms with Crippen molar-refractivity contribution < 1.29 is 27.5 Å². The molecule has 33 heavy (non-hydrogen) atoms. The highest BCUT2D eigenvalue weighted by Crippen LogP contribution is 2.23. The predicted molar refractivity (Wildman–Crippen MR) is 122 cm³/mol. The number of para-hydroxylation sites is 2. The van der Waals surface area contributed by atoms with Crippen LogP contribution in [-0.4, -0.2) is 55.4 Å². The molecule has 0 fully saturated rings. The highest BCUT2D eigenvalue weighted by molar-refractivity contribution is 7.90. The van der Waals surface area contributed by atoms with Gasteiger partial charge in [0.1, 0.15) is 23.2 Å². The lowest BCUT2D eigenvalue weighted by atomic mass is 10.2. The summed E-state index contributed by atoms with van der Waals surface area (Å²) in [7, 11) is -1.93. The molecule has 1 aromatic heterocycles. The van der Waals surface area contributed by atoms with Gasteiger partial charge in [-0.25, -0.2) is 18.2 Å². The number of nitrogens with one attached hydrogen (secondary N) is 1. The van der Waals surface area contributed by atoms with Gasteiger partial charge in [0.15, 0.2) is 0 Å². The summed E-state index contributed by atoms with van der Waals surface area (Å²) in [6.07, 6.45) is 4.52. The van der Waals surface area contributed by atoms with Crippen molar-refractivity contribution in [2.75, 3.05) is 24.7 Å². The maximum Gasteiger partial charge on any atom is 0.340 e. The minimum Gasteiger partial charge on any atom is -0.495 e. The van der Waals surface area contributed by atoms with Gasteiger partial charge in [0.25, 0.3) is 10.0 Å². The lowest BCUT2D eigenvalue weighted by Crippen LogP contribution is -2.37. The third kappa shape index (κ3) is 5.65. The summed E-state index contributed by atoms with van der Waals surface area (Å²) in [5, 5.41) is 5.10. The SMILES string of the molecule is COc1ccccc1NC(=O)Cc1nc(COC(=O)C2=CN3CCS(=O)(=O)N=C3C=C2)cs1. The monoisotopic (exact) mass is 488 g/mol. The van der Waals surface area contributed by atoms with Crippen molar-refractivity contribution in [3.63, 3.8) is 0 Å². The van der Waals surface area contributed by atoms with Gasteiger partial charge in [0.05, 0.1) is 36.2 Å². The number of aromatic nitrogens is 1. The topological polar surface area (TPSA) is 127 Å². The molecule has 4 rings (SSSR count). The first-order valence-corrected chi connectivity index (χ1v) is 12.3. The number of hydrogen-bond acceptors (Lipinski definition) is 9. The van der Waals surface area contributed by atoms with Crippen molar-refractivity contribution >= 4 is 44.8 Å². The summed E-state index contributed by atoms with van der Waals surface area (Å²) in [6.45, 7) is 0.165. The van der Waals surface area contributed by atoms with E-state index >= 15 is 0 Å². The Morgan fingerprint density at radius 3 is 2.88 bits per heavy atom. The van der Waals surface area contributed by atoms with Gasteiger partial charge < -0.3 is 19.7 Å². The summed E-state index contributed by atoms with van der Waals surface area (Å²) in [4.78, 5) is 30.7. The van der Waals surface area contributed by atoms with E-state index in [2.05, 4.69) is 14.7 Å². The second-order valence-electron chi connectivity index (χ2n) is 7.08. The number of carbonyl (C=O) groups excluding carboxylic acids is 2. The molecule has 12 heteroatoms. The van der Waals surface area contributed by atoms with Crippen molar-refractivity contribution in [3.05, 3.63) is 64.3 Å². The zero-order valence-corrected chi connectivity index (χ0v) is 19.2. The van der Waals surface area contributed by atoms with Gasteiger partial charge in [0.2, 0.25) is 5.91 Å². The van der Waals surface area contributed by atoms with Crippen LogP contribution in [0.2, 0.25) is 0 Å². The number of esters is 1. The lowest BCUT2D eigenvalue weighted by molar-refractivity contribution is -0.140. The Balaban J connectivity index is 1.30. The highest BCUT2D eigenvalue weighted by atomic mass is 32.2. The molecule has 0 saturated carbocycles. The van der Waals surface area contributed by atoms with Crippen molar-refractivity contribution in [3.8, 4) is 5.75 Å². The predicted octanol–water partition coefficient (Wildman–Crippen LogP) is 1.87. The van der Waals surface area contributed by atoms with Crippen LogP contribution >= 0.6 is 11.3 Å². The van der Waals surface area contributed by atoms with E-state index in [9.17, 15) is 18.0 Å². The Bertz CT molecular complexity index is 1280. The van der Waals surface area contributed by atoms with Gasteiger partial charge in [-0.2, -0.15) is 0 Å². The first-order valence-electron chi connectivity index (χ1n) is 9.85.